The SMILES string of the molecule is O=C(NC[C@@H]1CCCO1)Nc1cc2c(cc1-n1ccnc1)OCCO2. The topological polar surface area (TPSA) is 86.6 Å². The maximum absolute atomic E-state index is 12.3. The van der Waals surface area contributed by atoms with Gasteiger partial charge in [0.05, 0.1) is 23.8 Å². The minimum absolute atomic E-state index is 0.0964. The van der Waals surface area contributed by atoms with Crippen LogP contribution in [0.15, 0.2) is 30.9 Å². The number of nitrogens with one attached hydrogen (secondary N) is 2. The van der Waals surface area contributed by atoms with Gasteiger partial charge >= 0.3 is 6.03 Å². The molecule has 0 aliphatic carbocycles. The van der Waals surface area contributed by atoms with E-state index in [1.54, 1.807) is 24.8 Å². The normalized spacial score (nSPS) is 18.8. The van der Waals surface area contributed by atoms with Crippen molar-refractivity contribution in [1.82, 2.24) is 14.9 Å². The number of hydrogen-bond acceptors (Lipinski definition) is 5. The van der Waals surface area contributed by atoms with E-state index < -0.39 is 0 Å². The van der Waals surface area contributed by atoms with Gasteiger partial charge in [-0.25, -0.2) is 9.78 Å². The van der Waals surface area contributed by atoms with Gasteiger partial charge in [-0.3, -0.25) is 0 Å². The molecule has 0 bridgehead atoms. The van der Waals surface area contributed by atoms with Gasteiger partial charge < -0.3 is 29.4 Å². The van der Waals surface area contributed by atoms with Crippen molar-refractivity contribution in [1.29, 1.82) is 0 Å². The lowest BCUT2D eigenvalue weighted by molar-refractivity contribution is 0.112. The van der Waals surface area contributed by atoms with Gasteiger partial charge in [-0.05, 0) is 12.8 Å². The molecule has 4 rings (SSSR count). The number of imidazole rings is 1. The number of carbonyl (C=O) groups is 1. The maximum Gasteiger partial charge on any atom is 0.319 e. The van der Waals surface area contributed by atoms with Crippen LogP contribution in [0.4, 0.5) is 10.5 Å². The average molecular weight is 344 g/mol. The van der Waals surface area contributed by atoms with Gasteiger partial charge in [0.15, 0.2) is 11.5 Å². The molecule has 2 amide bonds. The third-order valence-corrected chi connectivity index (χ3v) is 4.21. The Balaban J connectivity index is 1.53. The highest BCUT2D eigenvalue weighted by Gasteiger charge is 2.19. The van der Waals surface area contributed by atoms with Crippen LogP contribution < -0.4 is 20.1 Å². The molecule has 8 heteroatoms. The Morgan fingerprint density at radius 2 is 2.08 bits per heavy atom. The Morgan fingerprint density at radius 3 is 2.80 bits per heavy atom. The van der Waals surface area contributed by atoms with E-state index in [0.717, 1.165) is 25.1 Å². The lowest BCUT2D eigenvalue weighted by Crippen LogP contribution is -2.35. The fourth-order valence-corrected chi connectivity index (χ4v) is 2.97. The molecular weight excluding hydrogens is 324 g/mol. The molecule has 0 unspecified atom stereocenters. The minimum atomic E-state index is -0.284. The van der Waals surface area contributed by atoms with E-state index in [1.165, 1.54) is 0 Å². The maximum atomic E-state index is 12.3. The fraction of sp³-hybridized carbons (Fsp3) is 0.412. The molecule has 1 aromatic carbocycles. The highest BCUT2D eigenvalue weighted by molar-refractivity contribution is 5.92. The lowest BCUT2D eigenvalue weighted by Gasteiger charge is -2.22. The smallest absolute Gasteiger partial charge is 0.319 e. The number of aromatic nitrogens is 2. The first-order valence-electron chi connectivity index (χ1n) is 8.38. The second-order valence-corrected chi connectivity index (χ2v) is 5.95. The van der Waals surface area contributed by atoms with Crippen LogP contribution in [0.25, 0.3) is 5.69 Å². The number of fused-ring (bicyclic) bond motifs is 1. The lowest BCUT2D eigenvalue weighted by atomic mass is 10.2. The summed E-state index contributed by atoms with van der Waals surface area (Å²) in [6.07, 6.45) is 7.27. The molecule has 2 aliphatic heterocycles. The summed E-state index contributed by atoms with van der Waals surface area (Å²) in [5.41, 5.74) is 1.38. The Bertz CT molecular complexity index is 741. The number of urea groups is 1. The van der Waals surface area contributed by atoms with Crippen molar-refractivity contribution in [2.24, 2.45) is 0 Å². The Hall–Kier alpha value is -2.74. The van der Waals surface area contributed by atoms with Gasteiger partial charge in [-0.15, -0.1) is 0 Å². The van der Waals surface area contributed by atoms with Crippen LogP contribution in [0.5, 0.6) is 11.5 Å². The number of ether oxygens (including phenoxy) is 3. The molecule has 2 aliphatic rings. The number of amides is 2. The summed E-state index contributed by atoms with van der Waals surface area (Å²) in [6, 6.07) is 3.33. The van der Waals surface area contributed by atoms with Crippen molar-refractivity contribution in [2.45, 2.75) is 18.9 Å². The first-order valence-corrected chi connectivity index (χ1v) is 8.38. The molecular formula is C17H20N4O4. The van der Waals surface area contributed by atoms with Crippen molar-refractivity contribution in [3.05, 3.63) is 30.9 Å². The van der Waals surface area contributed by atoms with E-state index >= 15 is 0 Å². The summed E-state index contributed by atoms with van der Waals surface area (Å²) in [7, 11) is 0. The molecule has 0 radical (unpaired) electrons. The molecule has 2 N–H and O–H groups in total. The Labute approximate surface area is 145 Å². The van der Waals surface area contributed by atoms with Crippen LogP contribution in [-0.4, -0.2) is 48.1 Å². The van der Waals surface area contributed by atoms with Gasteiger partial charge in [0, 0.05) is 37.7 Å². The summed E-state index contributed by atoms with van der Waals surface area (Å²) in [4.78, 5) is 16.3. The van der Waals surface area contributed by atoms with Crippen LogP contribution in [0.2, 0.25) is 0 Å². The number of rotatable bonds is 4. The standard InChI is InChI=1S/C17H20N4O4/c22-17(19-10-12-2-1-5-23-12)20-13-8-15-16(25-7-6-24-15)9-14(13)21-4-3-18-11-21/h3-4,8-9,11-12H,1-2,5-7,10H2,(H2,19,20,22)/t12-/m0/s1. The first kappa shape index (κ1) is 15.8. The molecule has 2 aromatic rings. The van der Waals surface area contributed by atoms with Crippen LogP contribution >= 0.6 is 0 Å². The minimum Gasteiger partial charge on any atom is -0.486 e. The van der Waals surface area contributed by atoms with E-state index in [2.05, 4.69) is 15.6 Å². The van der Waals surface area contributed by atoms with Gasteiger partial charge in [-0.2, -0.15) is 0 Å². The third-order valence-electron chi connectivity index (χ3n) is 4.21. The van der Waals surface area contributed by atoms with Crippen LogP contribution in [-0.2, 0) is 4.74 Å². The van der Waals surface area contributed by atoms with Crippen LogP contribution in [0, 0.1) is 0 Å². The van der Waals surface area contributed by atoms with E-state index in [1.807, 2.05) is 10.6 Å². The highest BCUT2D eigenvalue weighted by atomic mass is 16.6. The van der Waals surface area contributed by atoms with Crippen molar-refractivity contribution >= 4 is 11.7 Å². The van der Waals surface area contributed by atoms with Crippen LogP contribution in [0.1, 0.15) is 12.8 Å². The van der Waals surface area contributed by atoms with Crippen molar-refractivity contribution in [3.63, 3.8) is 0 Å². The third kappa shape index (κ3) is 3.53. The number of hydrogen-bond donors (Lipinski definition) is 2. The zero-order chi connectivity index (χ0) is 17.1. The summed E-state index contributed by atoms with van der Waals surface area (Å²) < 4.78 is 18.6. The Morgan fingerprint density at radius 1 is 1.24 bits per heavy atom. The van der Waals surface area contributed by atoms with E-state index in [9.17, 15) is 4.79 Å². The molecule has 1 aromatic heterocycles. The summed E-state index contributed by atoms with van der Waals surface area (Å²) in [6.45, 7) is 2.25. The molecule has 1 saturated heterocycles. The quantitative estimate of drug-likeness (QED) is 0.885. The van der Waals surface area contributed by atoms with E-state index in [4.69, 9.17) is 14.2 Å². The zero-order valence-electron chi connectivity index (χ0n) is 13.7. The van der Waals surface area contributed by atoms with Crippen molar-refractivity contribution < 1.29 is 19.0 Å². The molecule has 1 atom stereocenters. The predicted octanol–water partition coefficient (Wildman–Crippen LogP) is 1.94. The largest absolute Gasteiger partial charge is 0.486 e. The molecule has 8 nitrogen and oxygen atoms in total. The van der Waals surface area contributed by atoms with Crippen molar-refractivity contribution in [3.8, 4) is 17.2 Å². The first-order chi connectivity index (χ1) is 12.3. The second-order valence-electron chi connectivity index (χ2n) is 5.95. The molecule has 3 heterocycles. The molecule has 1 fully saturated rings. The van der Waals surface area contributed by atoms with Gasteiger partial charge in [0.1, 0.15) is 13.2 Å². The average Bonchev–Trinajstić information content (AvgIpc) is 3.33. The van der Waals surface area contributed by atoms with Gasteiger partial charge in [0.2, 0.25) is 0 Å². The van der Waals surface area contributed by atoms with E-state index in [-0.39, 0.29) is 12.1 Å². The number of anilines is 1. The zero-order valence-corrected chi connectivity index (χ0v) is 13.7. The van der Waals surface area contributed by atoms with E-state index in [0.29, 0.717) is 36.9 Å². The summed E-state index contributed by atoms with van der Waals surface area (Å²) in [5, 5.41) is 5.74. The monoisotopic (exact) mass is 344 g/mol. The molecule has 0 spiro atoms. The number of carbonyl (C=O) groups excluding carboxylic acids is 1. The molecule has 132 valence electrons. The van der Waals surface area contributed by atoms with Crippen LogP contribution in [0.3, 0.4) is 0 Å². The van der Waals surface area contributed by atoms with Gasteiger partial charge in [-0.1, -0.05) is 0 Å². The fourth-order valence-electron chi connectivity index (χ4n) is 2.97. The van der Waals surface area contributed by atoms with Crippen molar-refractivity contribution in [2.75, 3.05) is 31.7 Å². The summed E-state index contributed by atoms with van der Waals surface area (Å²) >= 11 is 0. The number of nitrogens with zero attached hydrogens (tertiary/aromatic N) is 2. The predicted molar refractivity (Wildman–Crippen MR) is 90.5 cm³/mol. The molecule has 25 heavy (non-hydrogen) atoms. The summed E-state index contributed by atoms with van der Waals surface area (Å²) in [5.74, 6) is 1.27. The Kier molecular flexibility index (Phi) is 4.43. The highest BCUT2D eigenvalue weighted by Crippen LogP contribution is 2.37. The van der Waals surface area contributed by atoms with Gasteiger partial charge in [0.25, 0.3) is 0 Å². The molecule has 0 saturated carbocycles. The second kappa shape index (κ2) is 7.02. The number of benzene rings is 1.